The third-order valence-corrected chi connectivity index (χ3v) is 2.32. The molecule has 0 spiro atoms. The molecular weight excluding hydrogens is 293 g/mol. The van der Waals surface area contributed by atoms with Gasteiger partial charge in [0.1, 0.15) is 0 Å². The fraction of sp³-hybridized carbons (Fsp3) is 1.00. The van der Waals surface area contributed by atoms with Gasteiger partial charge in [-0.3, -0.25) is 3.53 Å². The van der Waals surface area contributed by atoms with Crippen LogP contribution in [0.4, 0.5) is 0 Å². The fourth-order valence-corrected chi connectivity index (χ4v) is 1.34. The average Bonchev–Trinajstić information content (AvgIpc) is 2.21. The lowest BCUT2D eigenvalue weighted by atomic mass is 10.4. The van der Waals surface area contributed by atoms with Crippen LogP contribution in [0.15, 0.2) is 0 Å². The highest BCUT2D eigenvalue weighted by atomic mass is 127. The third kappa shape index (κ3) is 12.6. The predicted octanol–water partition coefficient (Wildman–Crippen LogP) is 2.54. The monoisotopic (exact) mass is 315 g/mol. The molecule has 0 bridgehead atoms. The third-order valence-electron chi connectivity index (χ3n) is 1.78. The summed E-state index contributed by atoms with van der Waals surface area (Å²) in [4.78, 5) is 0. The quantitative estimate of drug-likeness (QED) is 0.361. The summed E-state index contributed by atoms with van der Waals surface area (Å²) in [5, 5.41) is 0. The second-order valence-electron chi connectivity index (χ2n) is 3.17. The van der Waals surface area contributed by atoms with Gasteiger partial charge in [-0.25, -0.2) is 0 Å². The normalized spacial score (nSPS) is 10.7. The molecule has 0 saturated carbocycles. The van der Waals surface area contributed by atoms with Crippen LogP contribution in [0.5, 0.6) is 0 Å². The van der Waals surface area contributed by atoms with E-state index in [-0.39, 0.29) is 0 Å². The molecule has 86 valence electrons. The van der Waals surface area contributed by atoms with E-state index in [1.807, 2.05) is 0 Å². The minimum Gasteiger partial charge on any atom is -0.381 e. The van der Waals surface area contributed by atoms with E-state index in [9.17, 15) is 0 Å². The molecule has 0 atom stereocenters. The molecule has 0 radical (unpaired) electrons. The maximum absolute atomic E-state index is 5.42. The van der Waals surface area contributed by atoms with E-state index >= 15 is 0 Å². The standard InChI is InChI=1S/C10H22INO2/c1-2-3-7-13-9-5-10-14-8-4-6-12-11/h12H,2-10H2,1H3. The molecule has 0 aromatic carbocycles. The molecule has 4 heteroatoms. The van der Waals surface area contributed by atoms with Crippen molar-refractivity contribution in [2.45, 2.75) is 32.6 Å². The maximum Gasteiger partial charge on any atom is 0.0487 e. The van der Waals surface area contributed by atoms with Crippen LogP contribution in [0.3, 0.4) is 0 Å². The Morgan fingerprint density at radius 3 is 2.07 bits per heavy atom. The summed E-state index contributed by atoms with van der Waals surface area (Å²) in [5.41, 5.74) is 0. The first-order valence-electron chi connectivity index (χ1n) is 5.40. The maximum atomic E-state index is 5.42. The molecule has 1 N–H and O–H groups in total. The predicted molar refractivity (Wildman–Crippen MR) is 67.8 cm³/mol. The van der Waals surface area contributed by atoms with E-state index in [4.69, 9.17) is 9.47 Å². The van der Waals surface area contributed by atoms with Crippen LogP contribution >= 0.6 is 22.9 Å². The molecule has 0 heterocycles. The lowest BCUT2D eigenvalue weighted by Gasteiger charge is -2.04. The summed E-state index contributed by atoms with van der Waals surface area (Å²) in [6, 6.07) is 0. The van der Waals surface area contributed by atoms with Gasteiger partial charge in [0.25, 0.3) is 0 Å². The number of hydrogen-bond donors (Lipinski definition) is 1. The summed E-state index contributed by atoms with van der Waals surface area (Å²) in [6.45, 7) is 6.61. The van der Waals surface area contributed by atoms with Gasteiger partial charge in [0, 0.05) is 55.8 Å². The SMILES string of the molecule is CCCCOCCCOCCCNI. The number of rotatable bonds is 11. The Morgan fingerprint density at radius 2 is 1.50 bits per heavy atom. The van der Waals surface area contributed by atoms with Gasteiger partial charge in [-0.2, -0.15) is 0 Å². The summed E-state index contributed by atoms with van der Waals surface area (Å²) in [7, 11) is 0. The smallest absolute Gasteiger partial charge is 0.0487 e. The minimum atomic E-state index is 0.827. The molecule has 0 unspecified atom stereocenters. The van der Waals surface area contributed by atoms with Crippen molar-refractivity contribution < 1.29 is 9.47 Å². The van der Waals surface area contributed by atoms with Crippen LogP contribution in [0, 0.1) is 0 Å². The lowest BCUT2D eigenvalue weighted by molar-refractivity contribution is 0.0811. The summed E-state index contributed by atoms with van der Waals surface area (Å²) < 4.78 is 13.9. The zero-order chi connectivity index (χ0) is 10.5. The van der Waals surface area contributed by atoms with Crippen molar-refractivity contribution in [2.75, 3.05) is 33.0 Å². The van der Waals surface area contributed by atoms with E-state index in [0.29, 0.717) is 0 Å². The molecule has 0 aromatic rings. The van der Waals surface area contributed by atoms with E-state index in [1.165, 1.54) is 12.8 Å². The number of nitrogens with one attached hydrogen (secondary N) is 1. The number of halogens is 1. The molecule has 3 nitrogen and oxygen atoms in total. The van der Waals surface area contributed by atoms with Gasteiger partial charge in [0.05, 0.1) is 0 Å². The highest BCUT2D eigenvalue weighted by Gasteiger charge is 1.90. The molecule has 0 aromatic heterocycles. The summed E-state index contributed by atoms with van der Waals surface area (Å²) >= 11 is 2.15. The zero-order valence-electron chi connectivity index (χ0n) is 9.06. The molecular formula is C10H22INO2. The van der Waals surface area contributed by atoms with Gasteiger partial charge < -0.3 is 9.47 Å². The summed E-state index contributed by atoms with van der Waals surface area (Å²) in [5.74, 6) is 0. The molecule has 0 aliphatic heterocycles. The van der Waals surface area contributed by atoms with Gasteiger partial charge in [0.15, 0.2) is 0 Å². The van der Waals surface area contributed by atoms with Crippen LogP contribution in [0.1, 0.15) is 32.6 Å². The van der Waals surface area contributed by atoms with E-state index in [0.717, 1.165) is 45.8 Å². The largest absolute Gasteiger partial charge is 0.381 e. The first-order valence-corrected chi connectivity index (χ1v) is 6.48. The van der Waals surface area contributed by atoms with Crippen molar-refractivity contribution in [1.29, 1.82) is 0 Å². The van der Waals surface area contributed by atoms with Crippen molar-refractivity contribution in [3.05, 3.63) is 0 Å². The van der Waals surface area contributed by atoms with Gasteiger partial charge in [-0.1, -0.05) is 13.3 Å². The van der Waals surface area contributed by atoms with Crippen molar-refractivity contribution in [1.82, 2.24) is 3.53 Å². The van der Waals surface area contributed by atoms with E-state index < -0.39 is 0 Å². The highest BCUT2D eigenvalue weighted by molar-refractivity contribution is 14.1. The zero-order valence-corrected chi connectivity index (χ0v) is 11.2. The van der Waals surface area contributed by atoms with Crippen LogP contribution in [-0.4, -0.2) is 33.0 Å². The van der Waals surface area contributed by atoms with E-state index in [1.54, 1.807) is 0 Å². The van der Waals surface area contributed by atoms with Crippen LogP contribution in [-0.2, 0) is 9.47 Å². The Hall–Kier alpha value is 0.610. The van der Waals surface area contributed by atoms with Crippen molar-refractivity contribution >= 4 is 22.9 Å². The molecule has 0 amide bonds. The Kier molecular flexibility index (Phi) is 14.2. The highest BCUT2D eigenvalue weighted by Crippen LogP contribution is 1.91. The lowest BCUT2D eigenvalue weighted by Crippen LogP contribution is -2.07. The molecule has 0 rings (SSSR count). The number of ether oxygens (including phenoxy) is 2. The Morgan fingerprint density at radius 1 is 0.929 bits per heavy atom. The van der Waals surface area contributed by atoms with Crippen LogP contribution in [0.2, 0.25) is 0 Å². The van der Waals surface area contributed by atoms with Crippen LogP contribution < -0.4 is 3.53 Å². The van der Waals surface area contributed by atoms with Crippen LogP contribution in [0.25, 0.3) is 0 Å². The molecule has 14 heavy (non-hydrogen) atoms. The average molecular weight is 315 g/mol. The Labute approximate surface area is 101 Å². The Bertz CT molecular complexity index is 92.1. The van der Waals surface area contributed by atoms with Crippen molar-refractivity contribution in [3.63, 3.8) is 0 Å². The molecule has 0 aliphatic carbocycles. The summed E-state index contributed by atoms with van der Waals surface area (Å²) in [6.07, 6.45) is 4.48. The second kappa shape index (κ2) is 13.6. The topological polar surface area (TPSA) is 30.5 Å². The molecule has 0 aliphatic rings. The van der Waals surface area contributed by atoms with E-state index in [2.05, 4.69) is 33.3 Å². The first kappa shape index (κ1) is 14.6. The number of unbranched alkanes of at least 4 members (excludes halogenated alkanes) is 1. The van der Waals surface area contributed by atoms with Crippen molar-refractivity contribution in [2.24, 2.45) is 0 Å². The first-order chi connectivity index (χ1) is 6.91. The minimum absolute atomic E-state index is 0.827. The second-order valence-corrected chi connectivity index (χ2v) is 3.93. The number of hydrogen-bond acceptors (Lipinski definition) is 3. The van der Waals surface area contributed by atoms with Gasteiger partial charge in [-0.15, -0.1) is 0 Å². The fourth-order valence-electron chi connectivity index (χ4n) is 0.955. The molecule has 0 fully saturated rings. The molecule has 0 saturated heterocycles. The van der Waals surface area contributed by atoms with Gasteiger partial charge in [-0.05, 0) is 19.3 Å². The van der Waals surface area contributed by atoms with Gasteiger partial charge >= 0.3 is 0 Å². The van der Waals surface area contributed by atoms with Crippen molar-refractivity contribution in [3.8, 4) is 0 Å². The van der Waals surface area contributed by atoms with Gasteiger partial charge in [0.2, 0.25) is 0 Å². The Balaban J connectivity index is 2.78.